The molecule has 1 aliphatic heterocycles. The molecule has 1 aliphatic rings. The number of nitrogens with zero attached hydrogens (tertiary/aromatic N) is 1. The second-order valence-electron chi connectivity index (χ2n) is 3.86. The summed E-state index contributed by atoms with van der Waals surface area (Å²) in [5.41, 5.74) is 8.10. The highest BCUT2D eigenvalue weighted by Gasteiger charge is 2.16. The third kappa shape index (κ3) is 1.59. The van der Waals surface area contributed by atoms with Crippen molar-refractivity contribution in [3.05, 3.63) is 29.8 Å². The van der Waals surface area contributed by atoms with Gasteiger partial charge in [0.15, 0.2) is 11.6 Å². The predicted octanol–water partition coefficient (Wildman–Crippen LogP) is 2.96. The molecule has 1 aromatic carbocycles. The van der Waals surface area contributed by atoms with Crippen LogP contribution >= 0.6 is 11.8 Å². The number of fused-ring (bicyclic) bond motifs is 1. The Labute approximate surface area is 98.0 Å². The molecular formula is C12H12N2OS. The van der Waals surface area contributed by atoms with Gasteiger partial charge >= 0.3 is 0 Å². The smallest absolute Gasteiger partial charge is 0.170 e. The maximum absolute atomic E-state index is 5.58. The van der Waals surface area contributed by atoms with Crippen LogP contribution in [-0.2, 0) is 6.42 Å². The van der Waals surface area contributed by atoms with Crippen LogP contribution in [0.3, 0.4) is 0 Å². The number of nitrogens with two attached hydrogens (primary N) is 1. The van der Waals surface area contributed by atoms with Crippen LogP contribution in [0.2, 0.25) is 0 Å². The average Bonchev–Trinajstić information content (AvgIpc) is 2.75. The average molecular weight is 232 g/mol. The SMILES string of the molecule is Nc1cc(-c2cccc3c2SCCC3)on1. The molecule has 2 aromatic rings. The number of aryl methyl sites for hydroxylation is 1. The number of aromatic nitrogens is 1. The van der Waals surface area contributed by atoms with Crippen molar-refractivity contribution in [3.8, 4) is 11.3 Å². The summed E-state index contributed by atoms with van der Waals surface area (Å²) in [7, 11) is 0. The van der Waals surface area contributed by atoms with Gasteiger partial charge in [0, 0.05) is 16.5 Å². The van der Waals surface area contributed by atoms with Crippen LogP contribution in [-0.4, -0.2) is 10.9 Å². The molecule has 0 spiro atoms. The highest BCUT2D eigenvalue weighted by Crippen LogP contribution is 2.38. The van der Waals surface area contributed by atoms with E-state index in [0.29, 0.717) is 5.82 Å². The molecule has 0 unspecified atom stereocenters. The van der Waals surface area contributed by atoms with Gasteiger partial charge in [-0.05, 0) is 30.2 Å². The summed E-state index contributed by atoms with van der Waals surface area (Å²) in [5.74, 6) is 2.38. The van der Waals surface area contributed by atoms with E-state index in [2.05, 4.69) is 23.4 Å². The maximum Gasteiger partial charge on any atom is 0.170 e. The van der Waals surface area contributed by atoms with Crippen LogP contribution in [0.15, 0.2) is 33.7 Å². The monoisotopic (exact) mass is 232 g/mol. The summed E-state index contributed by atoms with van der Waals surface area (Å²) in [6, 6.07) is 8.10. The third-order valence-corrected chi connectivity index (χ3v) is 3.99. The van der Waals surface area contributed by atoms with Crippen molar-refractivity contribution in [1.82, 2.24) is 5.16 Å². The van der Waals surface area contributed by atoms with Crippen LogP contribution in [0.1, 0.15) is 12.0 Å². The summed E-state index contributed by atoms with van der Waals surface area (Å²) >= 11 is 1.89. The van der Waals surface area contributed by atoms with Crippen LogP contribution < -0.4 is 5.73 Å². The molecule has 0 atom stereocenters. The van der Waals surface area contributed by atoms with Crippen molar-refractivity contribution in [2.24, 2.45) is 0 Å². The van der Waals surface area contributed by atoms with Crippen molar-refractivity contribution in [1.29, 1.82) is 0 Å². The first kappa shape index (κ1) is 9.78. The van der Waals surface area contributed by atoms with E-state index in [1.807, 2.05) is 11.8 Å². The highest BCUT2D eigenvalue weighted by atomic mass is 32.2. The van der Waals surface area contributed by atoms with E-state index in [4.69, 9.17) is 10.3 Å². The molecule has 0 fully saturated rings. The molecule has 2 N–H and O–H groups in total. The molecule has 3 rings (SSSR count). The van der Waals surface area contributed by atoms with Crippen molar-refractivity contribution in [2.45, 2.75) is 17.7 Å². The first-order valence-corrected chi connectivity index (χ1v) is 6.30. The Morgan fingerprint density at radius 2 is 2.31 bits per heavy atom. The van der Waals surface area contributed by atoms with Gasteiger partial charge in [0.25, 0.3) is 0 Å². The van der Waals surface area contributed by atoms with E-state index in [1.165, 1.54) is 22.6 Å². The molecule has 0 radical (unpaired) electrons. The van der Waals surface area contributed by atoms with Gasteiger partial charge in [-0.25, -0.2) is 0 Å². The van der Waals surface area contributed by atoms with Gasteiger partial charge in [0.1, 0.15) is 0 Å². The van der Waals surface area contributed by atoms with Crippen molar-refractivity contribution >= 4 is 17.6 Å². The molecular weight excluding hydrogens is 220 g/mol. The van der Waals surface area contributed by atoms with Gasteiger partial charge in [-0.2, -0.15) is 0 Å². The fourth-order valence-electron chi connectivity index (χ4n) is 2.00. The molecule has 16 heavy (non-hydrogen) atoms. The zero-order valence-electron chi connectivity index (χ0n) is 8.77. The molecule has 0 amide bonds. The maximum atomic E-state index is 5.58. The quantitative estimate of drug-likeness (QED) is 0.821. The van der Waals surface area contributed by atoms with E-state index in [0.717, 1.165) is 17.7 Å². The van der Waals surface area contributed by atoms with Gasteiger partial charge in [-0.1, -0.05) is 17.3 Å². The Morgan fingerprint density at radius 3 is 3.12 bits per heavy atom. The zero-order valence-corrected chi connectivity index (χ0v) is 9.59. The fourth-order valence-corrected chi connectivity index (χ4v) is 3.17. The van der Waals surface area contributed by atoms with Crippen molar-refractivity contribution in [2.75, 3.05) is 11.5 Å². The molecule has 82 valence electrons. The number of hydrogen-bond acceptors (Lipinski definition) is 4. The Kier molecular flexibility index (Phi) is 2.36. The van der Waals surface area contributed by atoms with Gasteiger partial charge < -0.3 is 10.3 Å². The number of nitrogen functional groups attached to an aromatic ring is 1. The summed E-state index contributed by atoms with van der Waals surface area (Å²) in [6.45, 7) is 0. The van der Waals surface area contributed by atoms with E-state index in [9.17, 15) is 0 Å². The van der Waals surface area contributed by atoms with Crippen LogP contribution in [0, 0.1) is 0 Å². The Hall–Kier alpha value is -1.42. The minimum atomic E-state index is 0.438. The Morgan fingerprint density at radius 1 is 1.38 bits per heavy atom. The van der Waals surface area contributed by atoms with Crippen molar-refractivity contribution in [3.63, 3.8) is 0 Å². The largest absolute Gasteiger partial charge is 0.381 e. The lowest BCUT2D eigenvalue weighted by atomic mass is 10.0. The van der Waals surface area contributed by atoms with Crippen LogP contribution in [0.4, 0.5) is 5.82 Å². The van der Waals surface area contributed by atoms with Gasteiger partial charge in [0.05, 0.1) is 0 Å². The van der Waals surface area contributed by atoms with Crippen LogP contribution in [0.25, 0.3) is 11.3 Å². The molecule has 0 saturated carbocycles. The minimum Gasteiger partial charge on any atom is -0.381 e. The number of benzene rings is 1. The minimum absolute atomic E-state index is 0.438. The normalized spacial score (nSPS) is 14.8. The number of anilines is 1. The van der Waals surface area contributed by atoms with Gasteiger partial charge in [-0.3, -0.25) is 0 Å². The number of hydrogen-bond donors (Lipinski definition) is 1. The standard InChI is InChI=1S/C12H12N2OS/c13-11-7-10(15-14-11)9-5-1-3-8-4-2-6-16-12(8)9/h1,3,5,7H,2,4,6H2,(H2,13,14). The van der Waals surface area contributed by atoms with E-state index >= 15 is 0 Å². The highest BCUT2D eigenvalue weighted by molar-refractivity contribution is 7.99. The summed E-state index contributed by atoms with van der Waals surface area (Å²) in [6.07, 6.45) is 2.40. The zero-order chi connectivity index (χ0) is 11.0. The van der Waals surface area contributed by atoms with Crippen LogP contribution in [0.5, 0.6) is 0 Å². The fraction of sp³-hybridized carbons (Fsp3) is 0.250. The third-order valence-electron chi connectivity index (χ3n) is 2.73. The first-order chi connectivity index (χ1) is 7.84. The summed E-state index contributed by atoms with van der Waals surface area (Å²) in [4.78, 5) is 1.32. The second kappa shape index (κ2) is 3.87. The number of rotatable bonds is 1. The van der Waals surface area contributed by atoms with Gasteiger partial charge in [-0.15, -0.1) is 11.8 Å². The Bertz CT molecular complexity index is 521. The van der Waals surface area contributed by atoms with Gasteiger partial charge in [0.2, 0.25) is 0 Å². The van der Waals surface area contributed by atoms with E-state index < -0.39 is 0 Å². The number of thioether (sulfide) groups is 1. The molecule has 2 heterocycles. The summed E-state index contributed by atoms with van der Waals surface area (Å²) < 4.78 is 5.23. The molecule has 4 heteroatoms. The van der Waals surface area contributed by atoms with Crippen molar-refractivity contribution < 1.29 is 4.52 Å². The van der Waals surface area contributed by atoms with E-state index in [-0.39, 0.29) is 0 Å². The lowest BCUT2D eigenvalue weighted by Crippen LogP contribution is -1.99. The molecule has 1 aromatic heterocycles. The summed E-state index contributed by atoms with van der Waals surface area (Å²) in [5, 5.41) is 3.74. The molecule has 0 aliphatic carbocycles. The predicted molar refractivity (Wildman–Crippen MR) is 65.4 cm³/mol. The van der Waals surface area contributed by atoms with E-state index in [1.54, 1.807) is 6.07 Å². The molecule has 0 saturated heterocycles. The lowest BCUT2D eigenvalue weighted by Gasteiger charge is -2.17. The first-order valence-electron chi connectivity index (χ1n) is 5.32. The topological polar surface area (TPSA) is 52.0 Å². The lowest BCUT2D eigenvalue weighted by molar-refractivity contribution is 0.435. The molecule has 0 bridgehead atoms. The molecule has 3 nitrogen and oxygen atoms in total. The Balaban J connectivity index is 2.13. The second-order valence-corrected chi connectivity index (χ2v) is 4.97.